The van der Waals surface area contributed by atoms with Gasteiger partial charge in [0.2, 0.25) is 5.91 Å². The monoisotopic (exact) mass is 467 g/mol. The van der Waals surface area contributed by atoms with Crippen LogP contribution in [0.25, 0.3) is 0 Å². The van der Waals surface area contributed by atoms with Gasteiger partial charge in [0.05, 0.1) is 16.9 Å². The molecule has 6 nitrogen and oxygen atoms in total. The summed E-state index contributed by atoms with van der Waals surface area (Å²) in [5.41, 5.74) is 0.998. The van der Waals surface area contributed by atoms with E-state index in [1.807, 2.05) is 0 Å². The second-order valence-electron chi connectivity index (χ2n) is 7.03. The SMILES string of the molecule is CN1C(=O)Cc2cc(S(=O)(=O)Nc3ncc(Cc4cccc(C(F)(F)F)c4)s3)ccc21. The van der Waals surface area contributed by atoms with Gasteiger partial charge < -0.3 is 4.90 Å². The zero-order chi connectivity index (χ0) is 22.4. The number of anilines is 2. The van der Waals surface area contributed by atoms with Gasteiger partial charge in [0, 0.05) is 30.2 Å². The summed E-state index contributed by atoms with van der Waals surface area (Å²) in [5.74, 6) is -0.114. The van der Waals surface area contributed by atoms with Gasteiger partial charge >= 0.3 is 6.18 Å². The Morgan fingerprint density at radius 1 is 1.19 bits per heavy atom. The fourth-order valence-electron chi connectivity index (χ4n) is 3.28. The van der Waals surface area contributed by atoms with E-state index < -0.39 is 21.8 Å². The quantitative estimate of drug-likeness (QED) is 0.614. The van der Waals surface area contributed by atoms with Gasteiger partial charge in [-0.1, -0.05) is 18.2 Å². The average Bonchev–Trinajstić information content (AvgIpc) is 3.24. The molecule has 0 radical (unpaired) electrons. The average molecular weight is 467 g/mol. The van der Waals surface area contributed by atoms with Crippen molar-refractivity contribution in [3.05, 3.63) is 70.2 Å². The summed E-state index contributed by atoms with van der Waals surface area (Å²) >= 11 is 1.04. The Morgan fingerprint density at radius 2 is 1.97 bits per heavy atom. The number of rotatable bonds is 5. The molecule has 1 N–H and O–H groups in total. The maximum atomic E-state index is 12.9. The summed E-state index contributed by atoms with van der Waals surface area (Å²) < 4.78 is 66.5. The number of hydrogen-bond donors (Lipinski definition) is 1. The lowest BCUT2D eigenvalue weighted by atomic mass is 10.1. The van der Waals surface area contributed by atoms with E-state index in [9.17, 15) is 26.4 Å². The molecule has 2 heterocycles. The number of nitrogens with zero attached hydrogens (tertiary/aromatic N) is 2. The summed E-state index contributed by atoms with van der Waals surface area (Å²) in [4.78, 5) is 17.9. The van der Waals surface area contributed by atoms with E-state index in [0.717, 1.165) is 23.5 Å². The molecule has 1 aromatic heterocycles. The minimum absolute atomic E-state index is 0.00368. The van der Waals surface area contributed by atoms with Gasteiger partial charge in [-0.05, 0) is 35.4 Å². The van der Waals surface area contributed by atoms with Crippen molar-refractivity contribution in [1.29, 1.82) is 0 Å². The lowest BCUT2D eigenvalue weighted by Gasteiger charge is -2.11. The number of fused-ring (bicyclic) bond motifs is 1. The normalized spacial score (nSPS) is 14.1. The molecular weight excluding hydrogens is 451 g/mol. The molecule has 0 saturated carbocycles. The molecule has 4 rings (SSSR count). The molecule has 1 aliphatic rings. The number of nitrogens with one attached hydrogen (secondary N) is 1. The Morgan fingerprint density at radius 3 is 2.71 bits per heavy atom. The number of sulfonamides is 1. The lowest BCUT2D eigenvalue weighted by molar-refractivity contribution is -0.137. The van der Waals surface area contributed by atoms with Crippen LogP contribution in [-0.2, 0) is 33.8 Å². The predicted molar refractivity (Wildman–Crippen MR) is 111 cm³/mol. The summed E-state index contributed by atoms with van der Waals surface area (Å²) in [7, 11) is -2.31. The Kier molecular flexibility index (Phi) is 5.26. The third kappa shape index (κ3) is 4.42. The molecule has 0 fully saturated rings. The summed E-state index contributed by atoms with van der Waals surface area (Å²) in [6, 6.07) is 9.41. The predicted octanol–water partition coefficient (Wildman–Crippen LogP) is 4.07. The minimum Gasteiger partial charge on any atom is -0.315 e. The molecule has 1 amide bonds. The highest BCUT2D eigenvalue weighted by molar-refractivity contribution is 7.93. The van der Waals surface area contributed by atoms with E-state index in [1.54, 1.807) is 19.2 Å². The molecule has 2 aromatic carbocycles. The summed E-state index contributed by atoms with van der Waals surface area (Å²) in [5, 5.41) is 0.107. The van der Waals surface area contributed by atoms with Crippen molar-refractivity contribution < 1.29 is 26.4 Å². The topological polar surface area (TPSA) is 79.4 Å². The van der Waals surface area contributed by atoms with E-state index in [-0.39, 0.29) is 28.8 Å². The van der Waals surface area contributed by atoms with Crippen LogP contribution in [0.1, 0.15) is 21.6 Å². The molecule has 162 valence electrons. The first-order valence-corrected chi connectivity index (χ1v) is 11.4. The highest BCUT2D eigenvalue weighted by Crippen LogP contribution is 2.32. The first-order valence-electron chi connectivity index (χ1n) is 9.06. The van der Waals surface area contributed by atoms with Gasteiger partial charge in [-0.2, -0.15) is 13.2 Å². The van der Waals surface area contributed by atoms with Crippen LogP contribution in [0.4, 0.5) is 24.0 Å². The van der Waals surface area contributed by atoms with Gasteiger partial charge in [-0.15, -0.1) is 11.3 Å². The van der Waals surface area contributed by atoms with Crippen LogP contribution in [0.2, 0.25) is 0 Å². The van der Waals surface area contributed by atoms with Gasteiger partial charge in [0.1, 0.15) is 0 Å². The van der Waals surface area contributed by atoms with Crippen molar-refractivity contribution in [1.82, 2.24) is 4.98 Å². The number of amides is 1. The zero-order valence-electron chi connectivity index (χ0n) is 16.1. The first-order chi connectivity index (χ1) is 14.5. The number of carbonyl (C=O) groups excluding carboxylic acids is 1. The number of likely N-dealkylation sites (N-methyl/N-ethyl adjacent to an activating group) is 1. The third-order valence-corrected chi connectivity index (χ3v) is 7.22. The molecule has 31 heavy (non-hydrogen) atoms. The van der Waals surface area contributed by atoms with Gasteiger partial charge in [0.25, 0.3) is 10.0 Å². The van der Waals surface area contributed by atoms with E-state index >= 15 is 0 Å². The molecule has 0 atom stereocenters. The van der Waals surface area contributed by atoms with Crippen LogP contribution in [0.15, 0.2) is 53.6 Å². The fourth-order valence-corrected chi connectivity index (χ4v) is 5.42. The highest BCUT2D eigenvalue weighted by Gasteiger charge is 2.30. The van der Waals surface area contributed by atoms with Crippen LogP contribution >= 0.6 is 11.3 Å². The summed E-state index contributed by atoms with van der Waals surface area (Å²) in [6.45, 7) is 0. The molecular formula is C20H16F3N3O3S2. The van der Waals surface area contributed by atoms with Crippen molar-refractivity contribution in [3.63, 3.8) is 0 Å². The van der Waals surface area contributed by atoms with Crippen LogP contribution in [0.5, 0.6) is 0 Å². The number of benzene rings is 2. The van der Waals surface area contributed by atoms with Gasteiger partial charge in [-0.3, -0.25) is 9.52 Å². The molecule has 11 heteroatoms. The molecule has 0 aliphatic carbocycles. The molecule has 3 aromatic rings. The molecule has 0 saturated heterocycles. The van der Waals surface area contributed by atoms with E-state index in [4.69, 9.17) is 0 Å². The van der Waals surface area contributed by atoms with Crippen molar-refractivity contribution in [2.45, 2.75) is 23.9 Å². The number of aromatic nitrogens is 1. The second-order valence-corrected chi connectivity index (χ2v) is 9.83. The number of halogens is 3. The van der Waals surface area contributed by atoms with E-state index in [2.05, 4.69) is 9.71 Å². The van der Waals surface area contributed by atoms with Gasteiger partial charge in [-0.25, -0.2) is 13.4 Å². The largest absolute Gasteiger partial charge is 0.416 e. The number of thiazole rings is 1. The van der Waals surface area contributed by atoms with Crippen LogP contribution in [0, 0.1) is 0 Å². The fraction of sp³-hybridized carbons (Fsp3) is 0.200. The minimum atomic E-state index is -4.43. The van der Waals surface area contributed by atoms with Crippen molar-refractivity contribution in [2.75, 3.05) is 16.7 Å². The first kappa shape index (κ1) is 21.3. The summed E-state index contributed by atoms with van der Waals surface area (Å²) in [6.07, 6.45) is -2.68. The Balaban J connectivity index is 1.50. The molecule has 0 spiro atoms. The van der Waals surface area contributed by atoms with E-state index in [0.29, 0.717) is 21.7 Å². The lowest BCUT2D eigenvalue weighted by Crippen LogP contribution is -2.20. The second kappa shape index (κ2) is 7.65. The number of carbonyl (C=O) groups is 1. The molecule has 0 unspecified atom stereocenters. The smallest absolute Gasteiger partial charge is 0.315 e. The van der Waals surface area contributed by atoms with E-state index in [1.165, 1.54) is 29.3 Å². The standard InChI is InChI=1S/C20H16F3N3O3S2/c1-26-17-6-5-16(9-13(17)10-18(26)27)31(28,29)25-19-24-11-15(30-19)8-12-3-2-4-14(7-12)20(21,22)23/h2-7,9,11H,8,10H2,1H3,(H,24,25). The zero-order valence-corrected chi connectivity index (χ0v) is 17.7. The third-order valence-electron chi connectivity index (χ3n) is 4.85. The van der Waals surface area contributed by atoms with Crippen LogP contribution in [-0.4, -0.2) is 26.4 Å². The van der Waals surface area contributed by atoms with Gasteiger partial charge in [0.15, 0.2) is 5.13 Å². The maximum absolute atomic E-state index is 12.9. The van der Waals surface area contributed by atoms with Crippen LogP contribution < -0.4 is 9.62 Å². The van der Waals surface area contributed by atoms with Crippen molar-refractivity contribution >= 4 is 38.1 Å². The maximum Gasteiger partial charge on any atom is 0.416 e. The Hall–Kier alpha value is -2.92. The number of hydrogen-bond acceptors (Lipinski definition) is 5. The Labute approximate surface area is 180 Å². The van der Waals surface area contributed by atoms with Crippen molar-refractivity contribution in [3.8, 4) is 0 Å². The number of alkyl halides is 3. The Bertz CT molecular complexity index is 1270. The highest BCUT2D eigenvalue weighted by atomic mass is 32.2. The van der Waals surface area contributed by atoms with Crippen molar-refractivity contribution in [2.24, 2.45) is 0 Å². The molecule has 0 bridgehead atoms. The van der Waals surface area contributed by atoms with Crippen LogP contribution in [0.3, 0.4) is 0 Å². The molecule has 1 aliphatic heterocycles.